The highest BCUT2D eigenvalue weighted by Crippen LogP contribution is 2.24. The van der Waals surface area contributed by atoms with E-state index in [4.69, 9.17) is 0 Å². The van der Waals surface area contributed by atoms with Crippen molar-refractivity contribution in [2.24, 2.45) is 4.99 Å². The third-order valence-electron chi connectivity index (χ3n) is 5.20. The summed E-state index contributed by atoms with van der Waals surface area (Å²) in [7, 11) is 5.81. The van der Waals surface area contributed by atoms with Gasteiger partial charge >= 0.3 is 0 Å². The van der Waals surface area contributed by atoms with Crippen molar-refractivity contribution in [1.29, 1.82) is 0 Å². The molecule has 0 aliphatic carbocycles. The minimum atomic E-state index is -0.204. The lowest BCUT2D eigenvalue weighted by Gasteiger charge is -2.34. The van der Waals surface area contributed by atoms with Crippen LogP contribution in [-0.4, -0.2) is 57.7 Å². The smallest absolute Gasteiger partial charge is 0.191 e. The molecule has 1 aromatic carbocycles. The number of hydrogen-bond acceptors (Lipinski definition) is 4. The molecule has 29 heavy (non-hydrogen) atoms. The number of thiophene rings is 1. The predicted molar refractivity (Wildman–Crippen MR) is 132 cm³/mol. The maximum atomic E-state index is 13.6. The van der Waals surface area contributed by atoms with E-state index in [9.17, 15) is 4.39 Å². The maximum Gasteiger partial charge on any atom is 0.191 e. The van der Waals surface area contributed by atoms with Crippen molar-refractivity contribution in [3.63, 3.8) is 0 Å². The van der Waals surface area contributed by atoms with Gasteiger partial charge in [-0.25, -0.2) is 4.39 Å². The van der Waals surface area contributed by atoms with Gasteiger partial charge < -0.3 is 20.4 Å². The molecule has 0 radical (unpaired) electrons. The second-order valence-electron chi connectivity index (χ2n) is 7.34. The van der Waals surface area contributed by atoms with Crippen molar-refractivity contribution in [2.45, 2.75) is 24.9 Å². The first kappa shape index (κ1) is 23.9. The number of rotatable bonds is 6. The van der Waals surface area contributed by atoms with Crippen molar-refractivity contribution in [3.8, 4) is 0 Å². The molecule has 0 amide bonds. The Hall–Kier alpha value is -1.39. The summed E-state index contributed by atoms with van der Waals surface area (Å²) in [6, 6.07) is 11.6. The summed E-state index contributed by atoms with van der Waals surface area (Å²) >= 11 is 1.80. The quantitative estimate of drug-likeness (QED) is 0.337. The molecule has 1 aromatic heterocycles. The molecule has 1 aliphatic heterocycles. The van der Waals surface area contributed by atoms with Crippen LogP contribution in [0.15, 0.2) is 46.8 Å². The Labute approximate surface area is 194 Å². The van der Waals surface area contributed by atoms with E-state index in [0.717, 1.165) is 37.5 Å². The van der Waals surface area contributed by atoms with Crippen LogP contribution in [-0.2, 0) is 0 Å². The monoisotopic (exact) mass is 531 g/mol. The van der Waals surface area contributed by atoms with E-state index in [1.165, 1.54) is 11.1 Å². The van der Waals surface area contributed by atoms with Gasteiger partial charge in [-0.05, 0) is 62.1 Å². The highest BCUT2D eigenvalue weighted by Gasteiger charge is 2.21. The van der Waals surface area contributed by atoms with E-state index in [2.05, 4.69) is 42.9 Å². The molecule has 1 saturated heterocycles. The molecular formula is C21H31FIN5S. The molecular weight excluding hydrogens is 500 g/mol. The van der Waals surface area contributed by atoms with E-state index in [1.54, 1.807) is 30.5 Å². The number of hydrogen-bond donors (Lipinski definition) is 2. The number of halogens is 2. The van der Waals surface area contributed by atoms with Crippen LogP contribution in [0.4, 0.5) is 9.39 Å². The molecule has 1 atom stereocenters. The molecule has 8 heteroatoms. The fourth-order valence-electron chi connectivity index (χ4n) is 3.59. The average molecular weight is 531 g/mol. The lowest BCUT2D eigenvalue weighted by molar-refractivity contribution is 0.297. The first-order chi connectivity index (χ1) is 13.6. The molecule has 2 aromatic rings. The summed E-state index contributed by atoms with van der Waals surface area (Å²) in [6.45, 7) is 2.77. The second-order valence-corrected chi connectivity index (χ2v) is 8.27. The zero-order valence-corrected chi connectivity index (χ0v) is 20.4. The van der Waals surface area contributed by atoms with Gasteiger partial charge in [-0.15, -0.1) is 35.3 Å². The SMILES string of the molecule is CN=C(NCC(c1cccc(F)c1)N(C)C)NC1CCN(c2cccs2)CC1.I. The van der Waals surface area contributed by atoms with Gasteiger partial charge in [0.15, 0.2) is 5.96 Å². The van der Waals surface area contributed by atoms with Crippen LogP contribution in [0.2, 0.25) is 0 Å². The summed E-state index contributed by atoms with van der Waals surface area (Å²) < 4.78 is 13.6. The topological polar surface area (TPSA) is 42.9 Å². The van der Waals surface area contributed by atoms with Crippen LogP contribution >= 0.6 is 35.3 Å². The first-order valence-electron chi connectivity index (χ1n) is 9.74. The molecule has 5 nitrogen and oxygen atoms in total. The third kappa shape index (κ3) is 6.82. The van der Waals surface area contributed by atoms with Gasteiger partial charge in [-0.2, -0.15) is 0 Å². The number of anilines is 1. The largest absolute Gasteiger partial charge is 0.363 e. The Bertz CT molecular complexity index is 760. The van der Waals surface area contributed by atoms with Crippen LogP contribution < -0.4 is 15.5 Å². The summed E-state index contributed by atoms with van der Waals surface area (Å²) in [6.07, 6.45) is 2.17. The lowest BCUT2D eigenvalue weighted by Crippen LogP contribution is -2.49. The number of guanidine groups is 1. The van der Waals surface area contributed by atoms with Crippen LogP contribution in [0, 0.1) is 5.82 Å². The molecule has 160 valence electrons. The Balaban J connectivity index is 0.00000300. The molecule has 1 aliphatic rings. The standard InChI is InChI=1S/C21H30FN5S.HI/c1-23-21(24-15-19(26(2)3)16-6-4-7-17(22)14-16)25-18-9-11-27(12-10-18)20-8-5-13-28-20;/h4-8,13-14,18-19H,9-12,15H2,1-3H3,(H2,23,24,25);1H. The maximum absolute atomic E-state index is 13.6. The highest BCUT2D eigenvalue weighted by atomic mass is 127. The molecule has 1 fully saturated rings. The Morgan fingerprint density at radius 3 is 2.62 bits per heavy atom. The fraction of sp³-hybridized carbons (Fsp3) is 0.476. The third-order valence-corrected chi connectivity index (χ3v) is 6.13. The second kappa shape index (κ2) is 11.7. The van der Waals surface area contributed by atoms with Crippen LogP contribution in [0.5, 0.6) is 0 Å². The number of nitrogens with zero attached hydrogens (tertiary/aromatic N) is 3. The van der Waals surface area contributed by atoms with Gasteiger partial charge in [0.1, 0.15) is 5.82 Å². The predicted octanol–water partition coefficient (Wildman–Crippen LogP) is 3.94. The van der Waals surface area contributed by atoms with E-state index < -0.39 is 0 Å². The lowest BCUT2D eigenvalue weighted by atomic mass is 10.1. The number of likely N-dealkylation sites (N-methyl/N-ethyl adjacent to an activating group) is 1. The summed E-state index contributed by atoms with van der Waals surface area (Å²) in [5.74, 6) is 0.599. The minimum Gasteiger partial charge on any atom is -0.363 e. The molecule has 2 N–H and O–H groups in total. The highest BCUT2D eigenvalue weighted by molar-refractivity contribution is 14.0. The van der Waals surface area contributed by atoms with Crippen molar-refractivity contribution in [3.05, 3.63) is 53.2 Å². The van der Waals surface area contributed by atoms with Crippen molar-refractivity contribution in [1.82, 2.24) is 15.5 Å². The number of aliphatic imine (C=N–C) groups is 1. The first-order valence-corrected chi connectivity index (χ1v) is 10.6. The Morgan fingerprint density at radius 1 is 1.28 bits per heavy atom. The van der Waals surface area contributed by atoms with Crippen molar-refractivity contribution in [2.75, 3.05) is 45.7 Å². The van der Waals surface area contributed by atoms with E-state index >= 15 is 0 Å². The summed E-state index contributed by atoms with van der Waals surface area (Å²) in [4.78, 5) is 8.93. The zero-order valence-electron chi connectivity index (χ0n) is 17.3. The van der Waals surface area contributed by atoms with Gasteiger partial charge in [-0.1, -0.05) is 12.1 Å². The van der Waals surface area contributed by atoms with Crippen molar-refractivity contribution >= 4 is 46.3 Å². The zero-order chi connectivity index (χ0) is 19.9. The molecule has 0 bridgehead atoms. The summed E-state index contributed by atoms with van der Waals surface area (Å²) in [5.41, 5.74) is 0.956. The van der Waals surface area contributed by atoms with Gasteiger partial charge in [0, 0.05) is 32.7 Å². The van der Waals surface area contributed by atoms with Crippen LogP contribution in [0.1, 0.15) is 24.4 Å². The Kier molecular flexibility index (Phi) is 9.64. The molecule has 0 saturated carbocycles. The van der Waals surface area contributed by atoms with Gasteiger partial charge in [-0.3, -0.25) is 4.99 Å². The normalized spacial score (nSPS) is 16.4. The van der Waals surface area contributed by atoms with Crippen LogP contribution in [0.25, 0.3) is 0 Å². The molecule has 2 heterocycles. The fourth-order valence-corrected chi connectivity index (χ4v) is 4.37. The van der Waals surface area contributed by atoms with Crippen molar-refractivity contribution < 1.29 is 4.39 Å². The van der Waals surface area contributed by atoms with E-state index in [0.29, 0.717) is 12.6 Å². The number of piperidine rings is 1. The number of nitrogens with one attached hydrogen (secondary N) is 2. The summed E-state index contributed by atoms with van der Waals surface area (Å²) in [5, 5.41) is 10.5. The van der Waals surface area contributed by atoms with E-state index in [-0.39, 0.29) is 35.8 Å². The van der Waals surface area contributed by atoms with Gasteiger partial charge in [0.05, 0.1) is 11.0 Å². The molecule has 3 rings (SSSR count). The van der Waals surface area contributed by atoms with Gasteiger partial charge in [0.2, 0.25) is 0 Å². The number of benzene rings is 1. The van der Waals surface area contributed by atoms with Gasteiger partial charge in [0.25, 0.3) is 0 Å². The van der Waals surface area contributed by atoms with E-state index in [1.807, 2.05) is 20.2 Å². The minimum absolute atomic E-state index is 0. The molecule has 0 spiro atoms. The Morgan fingerprint density at radius 2 is 2.03 bits per heavy atom. The van der Waals surface area contributed by atoms with Crippen LogP contribution in [0.3, 0.4) is 0 Å². The molecule has 1 unspecified atom stereocenters. The average Bonchev–Trinajstić information content (AvgIpc) is 3.22.